The molecule has 4 nitrogen and oxygen atoms in total. The van der Waals surface area contributed by atoms with Crippen molar-refractivity contribution in [2.45, 2.75) is 24.9 Å². The predicted molar refractivity (Wildman–Crippen MR) is 90.9 cm³/mol. The highest BCUT2D eigenvalue weighted by Crippen LogP contribution is 2.44. The monoisotopic (exact) mass is 397 g/mol. The number of fused-ring (bicyclic) bond motifs is 1. The fourth-order valence-corrected chi connectivity index (χ4v) is 3.18. The van der Waals surface area contributed by atoms with Crippen molar-refractivity contribution in [3.05, 3.63) is 46.7 Å². The number of hydrogen-bond acceptors (Lipinski definition) is 4. The number of likely N-dealkylation sites (N-methyl/N-ethyl adjacent to an activating group) is 1. The SMILES string of the molecule is CNCC(c1cc2c(c(-c3ccc(F)c(C#N)c3F)n1)OCC2C)C(F)(F)F. The van der Waals surface area contributed by atoms with Crippen LogP contribution in [0.4, 0.5) is 22.0 Å². The first-order valence-corrected chi connectivity index (χ1v) is 8.46. The Kier molecular flexibility index (Phi) is 5.26. The maximum Gasteiger partial charge on any atom is 0.398 e. The summed E-state index contributed by atoms with van der Waals surface area (Å²) in [5.41, 5.74) is -1.11. The molecule has 0 fully saturated rings. The summed E-state index contributed by atoms with van der Waals surface area (Å²) in [5, 5.41) is 11.5. The number of rotatable bonds is 4. The third-order valence-corrected chi connectivity index (χ3v) is 4.65. The Bertz CT molecular complexity index is 952. The zero-order valence-corrected chi connectivity index (χ0v) is 15.0. The summed E-state index contributed by atoms with van der Waals surface area (Å²) >= 11 is 0. The van der Waals surface area contributed by atoms with Crippen LogP contribution in [0, 0.1) is 23.0 Å². The molecule has 0 aliphatic carbocycles. The van der Waals surface area contributed by atoms with Gasteiger partial charge < -0.3 is 10.1 Å². The van der Waals surface area contributed by atoms with Gasteiger partial charge in [-0.2, -0.15) is 18.4 Å². The molecule has 2 atom stereocenters. The lowest BCUT2D eigenvalue weighted by Crippen LogP contribution is -2.30. The third kappa shape index (κ3) is 3.40. The molecule has 0 bridgehead atoms. The van der Waals surface area contributed by atoms with Gasteiger partial charge in [0.2, 0.25) is 0 Å². The van der Waals surface area contributed by atoms with E-state index >= 15 is 0 Å². The van der Waals surface area contributed by atoms with E-state index in [0.717, 1.165) is 12.1 Å². The lowest BCUT2D eigenvalue weighted by atomic mass is 9.95. The van der Waals surface area contributed by atoms with E-state index < -0.39 is 35.8 Å². The van der Waals surface area contributed by atoms with Crippen molar-refractivity contribution in [2.75, 3.05) is 20.2 Å². The molecule has 1 aliphatic rings. The van der Waals surface area contributed by atoms with Crippen molar-refractivity contribution in [3.63, 3.8) is 0 Å². The van der Waals surface area contributed by atoms with Crippen molar-refractivity contribution in [1.82, 2.24) is 10.3 Å². The molecule has 1 aromatic carbocycles. The second-order valence-corrected chi connectivity index (χ2v) is 6.57. The van der Waals surface area contributed by atoms with Crippen LogP contribution < -0.4 is 10.1 Å². The van der Waals surface area contributed by atoms with Crippen LogP contribution in [0.1, 0.15) is 35.6 Å². The van der Waals surface area contributed by atoms with Gasteiger partial charge in [-0.3, -0.25) is 0 Å². The number of alkyl halides is 3. The van der Waals surface area contributed by atoms with Crippen LogP contribution in [-0.4, -0.2) is 31.4 Å². The number of pyridine rings is 1. The Morgan fingerprint density at radius 3 is 2.68 bits per heavy atom. The molecule has 1 N–H and O–H groups in total. The lowest BCUT2D eigenvalue weighted by molar-refractivity contribution is -0.150. The molecule has 148 valence electrons. The van der Waals surface area contributed by atoms with Gasteiger partial charge in [-0.05, 0) is 25.2 Å². The number of nitrogens with one attached hydrogen (secondary N) is 1. The normalized spacial score (nSPS) is 17.0. The van der Waals surface area contributed by atoms with Gasteiger partial charge in [0, 0.05) is 23.6 Å². The van der Waals surface area contributed by atoms with E-state index in [2.05, 4.69) is 10.3 Å². The molecule has 0 amide bonds. The van der Waals surface area contributed by atoms with Gasteiger partial charge in [-0.1, -0.05) is 6.92 Å². The fourth-order valence-electron chi connectivity index (χ4n) is 3.18. The Balaban J connectivity index is 2.27. The minimum Gasteiger partial charge on any atom is -0.490 e. The quantitative estimate of drug-likeness (QED) is 0.784. The number of aromatic nitrogens is 1. The minimum absolute atomic E-state index is 0.149. The van der Waals surface area contributed by atoms with Crippen LogP contribution in [0.25, 0.3) is 11.3 Å². The van der Waals surface area contributed by atoms with Crippen molar-refractivity contribution in [1.29, 1.82) is 5.26 Å². The number of benzene rings is 1. The van der Waals surface area contributed by atoms with Crippen LogP contribution in [-0.2, 0) is 0 Å². The van der Waals surface area contributed by atoms with Gasteiger partial charge in [0.05, 0.1) is 12.3 Å². The van der Waals surface area contributed by atoms with Crippen molar-refractivity contribution < 1.29 is 26.7 Å². The Morgan fingerprint density at radius 2 is 2.07 bits per heavy atom. The van der Waals surface area contributed by atoms with E-state index in [0.29, 0.717) is 5.56 Å². The molecule has 2 unspecified atom stereocenters. The van der Waals surface area contributed by atoms with Crippen LogP contribution >= 0.6 is 0 Å². The topological polar surface area (TPSA) is 57.9 Å². The summed E-state index contributed by atoms with van der Waals surface area (Å²) < 4.78 is 74.6. The van der Waals surface area contributed by atoms with Crippen LogP contribution in [0.5, 0.6) is 5.75 Å². The molecule has 0 saturated heterocycles. The first kappa shape index (κ1) is 20.0. The Hall–Kier alpha value is -2.73. The minimum atomic E-state index is -4.58. The molecule has 0 saturated carbocycles. The average Bonchev–Trinajstić information content (AvgIpc) is 3.00. The van der Waals surface area contributed by atoms with Gasteiger partial charge in [-0.25, -0.2) is 13.8 Å². The second kappa shape index (κ2) is 7.36. The standard InChI is InChI=1S/C19H16F5N3O/c1-9-8-28-18-11(9)5-15(13(7-26-2)19(22,23)24)27-17(18)10-3-4-14(20)12(6-25)16(10)21/h3-5,9,13,26H,7-8H2,1-2H3. The molecular weight excluding hydrogens is 381 g/mol. The van der Waals surface area contributed by atoms with Gasteiger partial charge in [0.1, 0.15) is 34.8 Å². The summed E-state index contributed by atoms with van der Waals surface area (Å²) in [5.74, 6) is -4.24. The van der Waals surface area contributed by atoms with E-state index in [9.17, 15) is 22.0 Å². The van der Waals surface area contributed by atoms with Crippen molar-refractivity contribution in [3.8, 4) is 23.1 Å². The van der Waals surface area contributed by atoms with Crippen LogP contribution in [0.15, 0.2) is 18.2 Å². The third-order valence-electron chi connectivity index (χ3n) is 4.65. The smallest absolute Gasteiger partial charge is 0.398 e. The molecule has 2 heterocycles. The van der Waals surface area contributed by atoms with E-state index in [1.165, 1.54) is 19.2 Å². The molecule has 0 radical (unpaired) electrons. The molecule has 28 heavy (non-hydrogen) atoms. The highest BCUT2D eigenvalue weighted by atomic mass is 19.4. The summed E-state index contributed by atoms with van der Waals surface area (Å²) in [6, 6.07) is 4.67. The molecule has 0 spiro atoms. The lowest BCUT2D eigenvalue weighted by Gasteiger charge is -2.21. The number of nitriles is 1. The molecular formula is C19H16F5N3O. The average molecular weight is 397 g/mol. The molecule has 1 aliphatic heterocycles. The van der Waals surface area contributed by atoms with Crippen molar-refractivity contribution >= 4 is 0 Å². The predicted octanol–water partition coefficient (Wildman–Crippen LogP) is 4.26. The fraction of sp³-hybridized carbons (Fsp3) is 0.368. The second-order valence-electron chi connectivity index (χ2n) is 6.57. The number of ether oxygens (including phenoxy) is 1. The summed E-state index contributed by atoms with van der Waals surface area (Å²) in [7, 11) is 1.39. The van der Waals surface area contributed by atoms with Gasteiger partial charge >= 0.3 is 6.18 Å². The van der Waals surface area contributed by atoms with E-state index in [1.54, 1.807) is 6.92 Å². The maximum absolute atomic E-state index is 14.7. The molecule has 2 aromatic rings. The summed E-state index contributed by atoms with van der Waals surface area (Å²) in [6.45, 7) is 1.55. The number of nitrogens with zero attached hydrogens (tertiary/aromatic N) is 2. The zero-order chi connectivity index (χ0) is 20.6. The Morgan fingerprint density at radius 1 is 1.36 bits per heavy atom. The molecule has 3 rings (SSSR count). The van der Waals surface area contributed by atoms with Gasteiger partial charge in [-0.15, -0.1) is 0 Å². The Labute approximate surface area is 158 Å². The highest BCUT2D eigenvalue weighted by molar-refractivity contribution is 5.72. The van der Waals surface area contributed by atoms with Crippen LogP contribution in [0.3, 0.4) is 0 Å². The first-order chi connectivity index (χ1) is 13.2. The van der Waals surface area contributed by atoms with Gasteiger partial charge in [0.25, 0.3) is 0 Å². The number of hydrogen-bond donors (Lipinski definition) is 1. The largest absolute Gasteiger partial charge is 0.490 e. The van der Waals surface area contributed by atoms with E-state index in [4.69, 9.17) is 10.00 Å². The highest BCUT2D eigenvalue weighted by Gasteiger charge is 2.42. The summed E-state index contributed by atoms with van der Waals surface area (Å²) in [6.07, 6.45) is -4.58. The van der Waals surface area contributed by atoms with Crippen LogP contribution in [0.2, 0.25) is 0 Å². The van der Waals surface area contributed by atoms with E-state index in [-0.39, 0.29) is 35.2 Å². The zero-order valence-electron chi connectivity index (χ0n) is 15.0. The van der Waals surface area contributed by atoms with E-state index in [1.807, 2.05) is 0 Å². The summed E-state index contributed by atoms with van der Waals surface area (Å²) in [4.78, 5) is 4.04. The first-order valence-electron chi connectivity index (χ1n) is 8.46. The molecule has 9 heteroatoms. The molecule has 1 aromatic heterocycles. The number of halogens is 5. The van der Waals surface area contributed by atoms with Gasteiger partial charge in [0.15, 0.2) is 5.82 Å². The van der Waals surface area contributed by atoms with Crippen molar-refractivity contribution in [2.24, 2.45) is 0 Å². The maximum atomic E-state index is 14.7.